The van der Waals surface area contributed by atoms with Crippen molar-refractivity contribution in [2.24, 2.45) is 0 Å². The number of allylic oxidation sites excluding steroid dienone is 1. The molecule has 0 saturated carbocycles. The van der Waals surface area contributed by atoms with Crippen LogP contribution in [-0.4, -0.2) is 23.9 Å². The zero-order valence-electron chi connectivity index (χ0n) is 20.7. The first kappa shape index (κ1) is 27.0. The molecule has 1 amide bonds. The summed E-state index contributed by atoms with van der Waals surface area (Å²) >= 11 is 6.63. The van der Waals surface area contributed by atoms with Crippen molar-refractivity contribution in [2.75, 3.05) is 0 Å². The fourth-order valence-electron chi connectivity index (χ4n) is 3.97. The number of sulfonamides is 1. The number of rotatable bonds is 12. The van der Waals surface area contributed by atoms with Crippen LogP contribution in [0.2, 0.25) is 5.02 Å². The third-order valence-corrected chi connectivity index (χ3v) is 7.30. The monoisotopic (exact) mass is 515 g/mol. The van der Waals surface area contributed by atoms with Crippen LogP contribution >= 0.6 is 11.6 Å². The molecule has 2 aromatic carbocycles. The summed E-state index contributed by atoms with van der Waals surface area (Å²) in [6, 6.07) is 11.2. The Hall–Kier alpha value is -2.64. The smallest absolute Gasteiger partial charge is 0.265 e. The summed E-state index contributed by atoms with van der Waals surface area (Å²) in [7, 11) is -3.85. The molecule has 1 aromatic heterocycles. The molecule has 3 rings (SSSR count). The van der Waals surface area contributed by atoms with Crippen molar-refractivity contribution in [3.63, 3.8) is 0 Å². The number of imidazole rings is 1. The van der Waals surface area contributed by atoms with E-state index in [1.165, 1.54) is 30.9 Å². The van der Waals surface area contributed by atoms with Crippen LogP contribution < -0.4 is 4.72 Å². The quantitative estimate of drug-likeness (QED) is 0.277. The van der Waals surface area contributed by atoms with Gasteiger partial charge in [-0.15, -0.1) is 0 Å². The molecule has 8 heteroatoms. The van der Waals surface area contributed by atoms with Crippen LogP contribution in [0.1, 0.15) is 79.7 Å². The Balaban J connectivity index is 1.81. The van der Waals surface area contributed by atoms with E-state index in [-0.39, 0.29) is 5.56 Å². The fourth-order valence-corrected chi connectivity index (χ4v) is 5.06. The number of unbranched alkanes of at least 4 members (excludes halogenated alkanes) is 4. The van der Waals surface area contributed by atoms with Crippen LogP contribution in [0.4, 0.5) is 0 Å². The van der Waals surface area contributed by atoms with E-state index in [9.17, 15) is 13.2 Å². The number of aryl methyl sites for hydroxylation is 2. The van der Waals surface area contributed by atoms with Crippen LogP contribution in [0, 0.1) is 6.92 Å². The lowest BCUT2D eigenvalue weighted by Gasteiger charge is -2.11. The molecule has 188 valence electrons. The van der Waals surface area contributed by atoms with Crippen molar-refractivity contribution in [1.82, 2.24) is 14.3 Å². The van der Waals surface area contributed by atoms with E-state index in [0.717, 1.165) is 47.1 Å². The molecule has 0 atom stereocenters. The van der Waals surface area contributed by atoms with Crippen molar-refractivity contribution in [3.05, 3.63) is 75.4 Å². The first-order chi connectivity index (χ1) is 16.7. The number of nitrogens with zero attached hydrogens (tertiary/aromatic N) is 2. The zero-order chi connectivity index (χ0) is 25.4. The Morgan fingerprint density at radius 1 is 1.09 bits per heavy atom. The number of carbonyl (C=O) groups excluding carboxylic acids is 1. The van der Waals surface area contributed by atoms with Crippen molar-refractivity contribution < 1.29 is 13.2 Å². The Morgan fingerprint density at radius 3 is 2.60 bits per heavy atom. The number of benzene rings is 2. The van der Waals surface area contributed by atoms with E-state index >= 15 is 0 Å². The van der Waals surface area contributed by atoms with Gasteiger partial charge in [0.25, 0.3) is 15.9 Å². The second-order valence-corrected chi connectivity index (χ2v) is 10.8. The molecule has 0 aliphatic carbocycles. The van der Waals surface area contributed by atoms with Crippen molar-refractivity contribution in [3.8, 4) is 0 Å². The number of carbonyl (C=O) groups is 1. The largest absolute Gasteiger partial charge is 0.324 e. The molecule has 0 fully saturated rings. The standard InChI is InChI=1S/C27H34ClN3O3S/c1-4-6-8-9-11-21-12-13-23(24(28)17-21)19-31-20(3)29-25-15-14-22(18-26(25)31)27(32)30-35(33,34)16-10-7-5-2/h10,12-18H,4-9,11,19H2,1-3H3,(H,30,32)/b16-10+. The van der Waals surface area contributed by atoms with Gasteiger partial charge in [-0.25, -0.2) is 18.1 Å². The molecular formula is C27H34ClN3O3S. The number of hydrogen-bond donors (Lipinski definition) is 1. The number of aromatic nitrogens is 2. The maximum Gasteiger partial charge on any atom is 0.265 e. The van der Waals surface area contributed by atoms with E-state index < -0.39 is 15.9 Å². The lowest BCUT2D eigenvalue weighted by molar-refractivity contribution is 0.0982. The highest BCUT2D eigenvalue weighted by molar-refractivity contribution is 7.92. The zero-order valence-corrected chi connectivity index (χ0v) is 22.3. The minimum Gasteiger partial charge on any atom is -0.324 e. The highest BCUT2D eigenvalue weighted by Gasteiger charge is 2.16. The maximum atomic E-state index is 12.7. The van der Waals surface area contributed by atoms with Gasteiger partial charge < -0.3 is 4.57 Å². The first-order valence-corrected chi connectivity index (χ1v) is 14.1. The molecule has 35 heavy (non-hydrogen) atoms. The van der Waals surface area contributed by atoms with E-state index in [2.05, 4.69) is 28.8 Å². The van der Waals surface area contributed by atoms with E-state index in [1.54, 1.807) is 18.2 Å². The SMILES string of the molecule is CCC/C=C/S(=O)(=O)NC(=O)c1ccc2nc(C)n(Cc3ccc(CCCCCC)cc3Cl)c2c1. The molecular weight excluding hydrogens is 482 g/mol. The average Bonchev–Trinajstić information content (AvgIpc) is 3.12. The second-order valence-electron chi connectivity index (χ2n) is 8.82. The van der Waals surface area contributed by atoms with Gasteiger partial charge in [0.1, 0.15) is 5.82 Å². The Kier molecular flexibility index (Phi) is 9.52. The third kappa shape index (κ3) is 7.42. The van der Waals surface area contributed by atoms with E-state index in [1.807, 2.05) is 24.5 Å². The predicted octanol–water partition coefficient (Wildman–Crippen LogP) is 6.54. The molecule has 3 aromatic rings. The molecule has 0 aliphatic heterocycles. The van der Waals surface area contributed by atoms with Gasteiger partial charge in [-0.3, -0.25) is 4.79 Å². The minimum atomic E-state index is -3.85. The Labute approximate surface area is 213 Å². The number of fused-ring (bicyclic) bond motifs is 1. The molecule has 0 saturated heterocycles. The topological polar surface area (TPSA) is 81.1 Å². The van der Waals surface area contributed by atoms with Gasteiger partial charge in [0.15, 0.2) is 0 Å². The van der Waals surface area contributed by atoms with Crippen LogP contribution in [0.5, 0.6) is 0 Å². The summed E-state index contributed by atoms with van der Waals surface area (Å²) in [6.45, 7) is 6.56. The molecule has 6 nitrogen and oxygen atoms in total. The molecule has 0 radical (unpaired) electrons. The molecule has 0 unspecified atom stereocenters. The molecule has 1 N–H and O–H groups in total. The lowest BCUT2D eigenvalue weighted by atomic mass is 10.0. The maximum absolute atomic E-state index is 12.7. The van der Waals surface area contributed by atoms with Crippen molar-refractivity contribution >= 4 is 38.6 Å². The third-order valence-electron chi connectivity index (χ3n) is 5.93. The van der Waals surface area contributed by atoms with Crippen LogP contribution in [0.15, 0.2) is 47.9 Å². The average molecular weight is 516 g/mol. The van der Waals surface area contributed by atoms with E-state index in [4.69, 9.17) is 11.6 Å². The number of nitrogens with one attached hydrogen (secondary N) is 1. The summed E-state index contributed by atoms with van der Waals surface area (Å²) in [5.74, 6) is 0.108. The molecule has 0 aliphatic rings. The highest BCUT2D eigenvalue weighted by atomic mass is 35.5. The molecule has 1 heterocycles. The molecule has 0 bridgehead atoms. The second kappa shape index (κ2) is 12.4. The van der Waals surface area contributed by atoms with E-state index in [0.29, 0.717) is 18.0 Å². The predicted molar refractivity (Wildman–Crippen MR) is 143 cm³/mol. The summed E-state index contributed by atoms with van der Waals surface area (Å²) in [5, 5.41) is 1.75. The van der Waals surface area contributed by atoms with Crippen molar-refractivity contribution in [2.45, 2.75) is 72.3 Å². The van der Waals surface area contributed by atoms with Gasteiger partial charge in [0.2, 0.25) is 0 Å². The van der Waals surface area contributed by atoms with Gasteiger partial charge in [-0.2, -0.15) is 0 Å². The number of hydrogen-bond acceptors (Lipinski definition) is 4. The summed E-state index contributed by atoms with van der Waals surface area (Å²) in [6.07, 6.45) is 8.85. The van der Waals surface area contributed by atoms with Gasteiger partial charge in [-0.05, 0) is 61.6 Å². The van der Waals surface area contributed by atoms with Crippen LogP contribution in [0.3, 0.4) is 0 Å². The summed E-state index contributed by atoms with van der Waals surface area (Å²) < 4.78 is 28.5. The van der Waals surface area contributed by atoms with Gasteiger partial charge in [0, 0.05) is 16.0 Å². The van der Waals surface area contributed by atoms with Gasteiger partial charge >= 0.3 is 0 Å². The van der Waals surface area contributed by atoms with Crippen LogP contribution in [0.25, 0.3) is 11.0 Å². The fraction of sp³-hybridized carbons (Fsp3) is 0.407. The van der Waals surface area contributed by atoms with Gasteiger partial charge in [0.05, 0.1) is 17.6 Å². The van der Waals surface area contributed by atoms with Crippen LogP contribution in [-0.2, 0) is 23.0 Å². The first-order valence-electron chi connectivity index (χ1n) is 12.2. The Morgan fingerprint density at radius 2 is 1.89 bits per heavy atom. The normalized spacial score (nSPS) is 12.0. The van der Waals surface area contributed by atoms with Gasteiger partial charge in [-0.1, -0.05) is 69.3 Å². The lowest BCUT2D eigenvalue weighted by Crippen LogP contribution is -2.28. The summed E-state index contributed by atoms with van der Waals surface area (Å²) in [5.41, 5.74) is 3.92. The highest BCUT2D eigenvalue weighted by Crippen LogP contribution is 2.24. The minimum absolute atomic E-state index is 0.250. The molecule has 0 spiro atoms. The number of amides is 1. The Bertz CT molecular complexity index is 1310. The number of halogens is 1. The van der Waals surface area contributed by atoms with Crippen molar-refractivity contribution in [1.29, 1.82) is 0 Å². The summed E-state index contributed by atoms with van der Waals surface area (Å²) in [4.78, 5) is 17.3.